The Balaban J connectivity index is 1.25. The average Bonchev–Trinajstić information content (AvgIpc) is 3.23. The SMILES string of the molecule is O=C(NCCc1ccccc1)C1CSC2(CCN(C(=O)c3ccc([N+](=O)[O-])cc3)CC2)N1. The molecule has 1 atom stereocenters. The van der Waals surface area contributed by atoms with Crippen molar-refractivity contribution in [1.29, 1.82) is 0 Å². The van der Waals surface area contributed by atoms with Crippen molar-refractivity contribution in [3.8, 4) is 0 Å². The van der Waals surface area contributed by atoms with Crippen LogP contribution in [0.1, 0.15) is 28.8 Å². The minimum Gasteiger partial charge on any atom is -0.354 e. The lowest BCUT2D eigenvalue weighted by Crippen LogP contribution is -2.54. The molecule has 0 saturated carbocycles. The van der Waals surface area contributed by atoms with Crippen molar-refractivity contribution in [2.75, 3.05) is 25.4 Å². The molecule has 2 aliphatic rings. The molecular formula is C23H26N4O4S. The zero-order valence-electron chi connectivity index (χ0n) is 17.7. The first-order chi connectivity index (χ1) is 15.5. The van der Waals surface area contributed by atoms with Crippen molar-refractivity contribution < 1.29 is 14.5 Å². The molecule has 2 aliphatic heterocycles. The van der Waals surface area contributed by atoms with Gasteiger partial charge in [-0.2, -0.15) is 0 Å². The molecule has 2 heterocycles. The summed E-state index contributed by atoms with van der Waals surface area (Å²) in [7, 11) is 0. The Bertz CT molecular complexity index is 975. The Morgan fingerprint density at radius 2 is 1.81 bits per heavy atom. The summed E-state index contributed by atoms with van der Waals surface area (Å²) < 4.78 is 0. The van der Waals surface area contributed by atoms with Crippen LogP contribution in [-0.4, -0.2) is 57.9 Å². The van der Waals surface area contributed by atoms with Gasteiger partial charge in [-0.15, -0.1) is 11.8 Å². The Labute approximate surface area is 190 Å². The van der Waals surface area contributed by atoms with Gasteiger partial charge in [-0.3, -0.25) is 25.0 Å². The number of benzene rings is 2. The number of rotatable bonds is 6. The maximum atomic E-state index is 12.8. The molecule has 2 fully saturated rings. The Morgan fingerprint density at radius 1 is 1.12 bits per heavy atom. The van der Waals surface area contributed by atoms with Crippen molar-refractivity contribution in [1.82, 2.24) is 15.5 Å². The highest BCUT2D eigenvalue weighted by molar-refractivity contribution is 8.01. The molecule has 4 rings (SSSR count). The number of likely N-dealkylation sites (tertiary alicyclic amines) is 1. The molecular weight excluding hydrogens is 428 g/mol. The number of carbonyl (C=O) groups is 2. The van der Waals surface area contributed by atoms with Gasteiger partial charge < -0.3 is 10.2 Å². The van der Waals surface area contributed by atoms with E-state index in [-0.39, 0.29) is 28.4 Å². The monoisotopic (exact) mass is 454 g/mol. The summed E-state index contributed by atoms with van der Waals surface area (Å²) in [5, 5.41) is 17.3. The van der Waals surface area contributed by atoms with Crippen LogP contribution in [0.4, 0.5) is 5.69 Å². The molecule has 2 aromatic carbocycles. The number of piperidine rings is 1. The Kier molecular flexibility index (Phi) is 6.76. The van der Waals surface area contributed by atoms with Crippen LogP contribution in [-0.2, 0) is 11.2 Å². The van der Waals surface area contributed by atoms with Crippen molar-refractivity contribution in [2.45, 2.75) is 30.2 Å². The standard InChI is InChI=1S/C23H26N4O4S/c28-21(24-13-10-17-4-2-1-3-5-17)20-16-32-23(25-20)11-14-26(15-12-23)22(29)18-6-8-19(9-7-18)27(30)31/h1-9,20,25H,10-16H2,(H,24,28). The van der Waals surface area contributed by atoms with Crippen LogP contribution in [0, 0.1) is 10.1 Å². The summed E-state index contributed by atoms with van der Waals surface area (Å²) in [6, 6.07) is 15.6. The van der Waals surface area contributed by atoms with Crippen molar-refractivity contribution in [2.24, 2.45) is 0 Å². The van der Waals surface area contributed by atoms with Crippen LogP contribution in [0.25, 0.3) is 0 Å². The van der Waals surface area contributed by atoms with E-state index in [1.54, 1.807) is 16.7 Å². The van der Waals surface area contributed by atoms with Crippen LogP contribution in [0.15, 0.2) is 54.6 Å². The molecule has 0 bridgehead atoms. The molecule has 0 radical (unpaired) electrons. The van der Waals surface area contributed by atoms with Gasteiger partial charge in [-0.1, -0.05) is 30.3 Å². The topological polar surface area (TPSA) is 105 Å². The summed E-state index contributed by atoms with van der Waals surface area (Å²) in [6.45, 7) is 1.77. The van der Waals surface area contributed by atoms with E-state index < -0.39 is 4.92 Å². The van der Waals surface area contributed by atoms with Gasteiger partial charge >= 0.3 is 0 Å². The number of nitro groups is 1. The smallest absolute Gasteiger partial charge is 0.269 e. The number of hydrogen-bond donors (Lipinski definition) is 2. The van der Waals surface area contributed by atoms with Gasteiger partial charge in [0, 0.05) is 43.1 Å². The number of amides is 2. The molecule has 9 heteroatoms. The first kappa shape index (κ1) is 22.3. The van der Waals surface area contributed by atoms with E-state index in [0.29, 0.717) is 31.0 Å². The highest BCUT2D eigenvalue weighted by Gasteiger charge is 2.44. The van der Waals surface area contributed by atoms with Crippen LogP contribution in [0.5, 0.6) is 0 Å². The lowest BCUT2D eigenvalue weighted by molar-refractivity contribution is -0.384. The maximum absolute atomic E-state index is 12.8. The Hall–Kier alpha value is -2.91. The van der Waals surface area contributed by atoms with E-state index in [9.17, 15) is 19.7 Å². The number of nitro benzene ring substituents is 1. The fraction of sp³-hybridized carbons (Fsp3) is 0.391. The van der Waals surface area contributed by atoms with E-state index in [4.69, 9.17) is 0 Å². The lowest BCUT2D eigenvalue weighted by atomic mass is 10.0. The third-order valence-electron chi connectivity index (χ3n) is 6.02. The van der Waals surface area contributed by atoms with E-state index >= 15 is 0 Å². The van der Waals surface area contributed by atoms with Crippen LogP contribution < -0.4 is 10.6 Å². The molecule has 1 spiro atoms. The average molecular weight is 455 g/mol. The largest absolute Gasteiger partial charge is 0.354 e. The first-order valence-corrected chi connectivity index (χ1v) is 11.7. The van der Waals surface area contributed by atoms with E-state index in [0.717, 1.165) is 19.3 Å². The highest BCUT2D eigenvalue weighted by atomic mass is 32.2. The minimum atomic E-state index is -0.476. The molecule has 2 saturated heterocycles. The zero-order valence-corrected chi connectivity index (χ0v) is 18.5. The van der Waals surface area contributed by atoms with E-state index in [1.165, 1.54) is 29.8 Å². The van der Waals surface area contributed by atoms with Gasteiger partial charge in [-0.05, 0) is 37.0 Å². The van der Waals surface area contributed by atoms with E-state index in [2.05, 4.69) is 22.8 Å². The second kappa shape index (κ2) is 9.70. The highest BCUT2D eigenvalue weighted by Crippen LogP contribution is 2.39. The molecule has 8 nitrogen and oxygen atoms in total. The number of nitrogens with zero attached hydrogens (tertiary/aromatic N) is 2. The van der Waals surface area contributed by atoms with Crippen LogP contribution >= 0.6 is 11.8 Å². The minimum absolute atomic E-state index is 0.0229. The van der Waals surface area contributed by atoms with Gasteiger partial charge in [0.15, 0.2) is 0 Å². The predicted molar refractivity (Wildman–Crippen MR) is 124 cm³/mol. The van der Waals surface area contributed by atoms with Gasteiger partial charge in [0.1, 0.15) is 0 Å². The molecule has 0 aromatic heterocycles. The zero-order chi connectivity index (χ0) is 22.6. The second-order valence-electron chi connectivity index (χ2n) is 8.13. The normalized spacial score (nSPS) is 19.6. The van der Waals surface area contributed by atoms with Gasteiger partial charge in [-0.25, -0.2) is 0 Å². The maximum Gasteiger partial charge on any atom is 0.269 e. The van der Waals surface area contributed by atoms with Gasteiger partial charge in [0.05, 0.1) is 15.8 Å². The third-order valence-corrected chi connectivity index (χ3v) is 7.60. The first-order valence-electron chi connectivity index (χ1n) is 10.7. The number of thioether (sulfide) groups is 1. The second-order valence-corrected chi connectivity index (χ2v) is 9.53. The fourth-order valence-corrected chi connectivity index (χ4v) is 5.57. The lowest BCUT2D eigenvalue weighted by Gasteiger charge is -2.39. The summed E-state index contributed by atoms with van der Waals surface area (Å²) in [5.41, 5.74) is 1.62. The van der Waals surface area contributed by atoms with Crippen molar-refractivity contribution in [3.05, 3.63) is 75.8 Å². The van der Waals surface area contributed by atoms with E-state index in [1.807, 2.05) is 18.2 Å². The van der Waals surface area contributed by atoms with Crippen molar-refractivity contribution in [3.63, 3.8) is 0 Å². The van der Waals surface area contributed by atoms with Crippen LogP contribution in [0.2, 0.25) is 0 Å². The summed E-state index contributed by atoms with van der Waals surface area (Å²) >= 11 is 1.76. The number of nitrogens with one attached hydrogen (secondary N) is 2. The molecule has 2 amide bonds. The van der Waals surface area contributed by atoms with Crippen LogP contribution in [0.3, 0.4) is 0 Å². The summed E-state index contributed by atoms with van der Waals surface area (Å²) in [4.78, 5) is 37.3. The molecule has 168 valence electrons. The Morgan fingerprint density at radius 3 is 2.47 bits per heavy atom. The predicted octanol–water partition coefficient (Wildman–Crippen LogP) is 2.59. The summed E-state index contributed by atoms with van der Waals surface area (Å²) in [6.07, 6.45) is 2.31. The summed E-state index contributed by atoms with van der Waals surface area (Å²) in [5.74, 6) is 0.621. The number of carbonyl (C=O) groups excluding carboxylic acids is 2. The molecule has 0 aliphatic carbocycles. The number of non-ortho nitro benzene ring substituents is 1. The molecule has 1 unspecified atom stereocenters. The third kappa shape index (κ3) is 5.11. The van der Waals surface area contributed by atoms with Crippen molar-refractivity contribution >= 4 is 29.3 Å². The fourth-order valence-electron chi connectivity index (χ4n) is 4.15. The van der Waals surface area contributed by atoms with Gasteiger partial charge in [0.25, 0.3) is 11.6 Å². The molecule has 2 aromatic rings. The molecule has 32 heavy (non-hydrogen) atoms. The van der Waals surface area contributed by atoms with Gasteiger partial charge in [0.2, 0.25) is 5.91 Å². The quantitative estimate of drug-likeness (QED) is 0.514. The number of hydrogen-bond acceptors (Lipinski definition) is 6. The molecule has 2 N–H and O–H groups in total.